The number of benzene rings is 3. The Morgan fingerprint density at radius 1 is 0.927 bits per heavy atom. The van der Waals surface area contributed by atoms with Crippen molar-refractivity contribution in [2.45, 2.75) is 44.3 Å². The summed E-state index contributed by atoms with van der Waals surface area (Å²) in [6.45, 7) is 4.77. The Labute approximate surface area is 254 Å². The fraction of sp³-hybridized carbons (Fsp3) is 0.310. The van der Waals surface area contributed by atoms with Crippen molar-refractivity contribution in [3.05, 3.63) is 81.8 Å². The number of hydrogen-bond donors (Lipinski definition) is 1. The molecule has 3 aromatic carbocycles. The maximum absolute atomic E-state index is 14.0. The molecular weight excluding hydrogens is 634 g/mol. The van der Waals surface area contributed by atoms with Gasteiger partial charge in [-0.25, -0.2) is 8.42 Å². The molecule has 0 spiro atoms. The Balaban J connectivity index is 2.06. The number of carbonyl (C=O) groups excluding carboxylic acids is 2. The Morgan fingerprint density at radius 3 is 2.10 bits per heavy atom. The summed E-state index contributed by atoms with van der Waals surface area (Å²) in [5.41, 5.74) is 0.993. The van der Waals surface area contributed by atoms with Gasteiger partial charge in [0, 0.05) is 28.1 Å². The molecule has 0 aliphatic rings. The van der Waals surface area contributed by atoms with Crippen molar-refractivity contribution in [2.24, 2.45) is 0 Å². The van der Waals surface area contributed by atoms with E-state index in [0.717, 1.165) is 14.3 Å². The van der Waals surface area contributed by atoms with Gasteiger partial charge in [0.25, 0.3) is 10.0 Å². The molecule has 220 valence electrons. The molecule has 0 saturated carbocycles. The van der Waals surface area contributed by atoms with E-state index in [0.29, 0.717) is 10.8 Å². The smallest absolute Gasteiger partial charge is 0.264 e. The highest BCUT2D eigenvalue weighted by atomic mass is 79.9. The lowest BCUT2D eigenvalue weighted by Crippen LogP contribution is -2.52. The summed E-state index contributed by atoms with van der Waals surface area (Å²) in [7, 11) is -1.45. The van der Waals surface area contributed by atoms with Gasteiger partial charge >= 0.3 is 0 Å². The average molecular weight is 667 g/mol. The molecule has 0 aliphatic carbocycles. The molecule has 1 atom stereocenters. The Morgan fingerprint density at radius 2 is 1.54 bits per heavy atom. The van der Waals surface area contributed by atoms with E-state index in [1.54, 1.807) is 6.92 Å². The number of hydrogen-bond acceptors (Lipinski definition) is 6. The van der Waals surface area contributed by atoms with Crippen LogP contribution in [0.4, 0.5) is 5.69 Å². The molecule has 0 bridgehead atoms. The molecule has 1 N–H and O–H groups in total. The minimum Gasteiger partial charge on any atom is -0.493 e. The number of nitrogens with one attached hydrogen (secondary N) is 1. The molecule has 0 aromatic heterocycles. The highest BCUT2D eigenvalue weighted by Gasteiger charge is 2.33. The zero-order valence-electron chi connectivity index (χ0n) is 23.4. The van der Waals surface area contributed by atoms with Crippen LogP contribution >= 0.6 is 27.5 Å². The third kappa shape index (κ3) is 8.15. The van der Waals surface area contributed by atoms with Gasteiger partial charge in [-0.2, -0.15) is 0 Å². The van der Waals surface area contributed by atoms with Crippen molar-refractivity contribution in [1.29, 1.82) is 0 Å². The molecule has 0 heterocycles. The van der Waals surface area contributed by atoms with Crippen LogP contribution in [0.25, 0.3) is 0 Å². The van der Waals surface area contributed by atoms with Gasteiger partial charge in [-0.1, -0.05) is 39.7 Å². The number of sulfonamides is 1. The molecule has 0 saturated heterocycles. The fourth-order valence-corrected chi connectivity index (χ4v) is 5.84. The normalized spacial score (nSPS) is 12.0. The molecular formula is C29H33BrClN3O6S. The standard InChI is InChI=1S/C29H33BrClN3O6S/c1-19(2)32-29(36)20(3)33(17-21-6-8-22(30)9-7-21)28(35)18-34(24-12-10-23(31)11-13-24)41(37,38)25-14-15-26(39-4)27(16-25)40-5/h6-16,19-20H,17-18H2,1-5H3,(H,32,36)/t20-/m0/s1. The number of carbonyl (C=O) groups is 2. The molecule has 0 fully saturated rings. The van der Waals surface area contributed by atoms with Crippen molar-refractivity contribution in [1.82, 2.24) is 10.2 Å². The summed E-state index contributed by atoms with van der Waals surface area (Å²) in [4.78, 5) is 28.2. The molecule has 41 heavy (non-hydrogen) atoms. The van der Waals surface area contributed by atoms with Crippen LogP contribution < -0.4 is 19.1 Å². The quantitative estimate of drug-likeness (QED) is 0.283. The van der Waals surface area contributed by atoms with Crippen molar-refractivity contribution in [2.75, 3.05) is 25.1 Å². The van der Waals surface area contributed by atoms with Crippen LogP contribution in [0.2, 0.25) is 5.02 Å². The van der Waals surface area contributed by atoms with Crippen LogP contribution in [0.3, 0.4) is 0 Å². The zero-order chi connectivity index (χ0) is 30.3. The van der Waals surface area contributed by atoms with E-state index in [1.165, 1.54) is 61.6 Å². The second kappa shape index (κ2) is 14.1. The van der Waals surface area contributed by atoms with E-state index >= 15 is 0 Å². The van der Waals surface area contributed by atoms with Crippen molar-refractivity contribution >= 4 is 55.1 Å². The molecule has 0 unspecified atom stereocenters. The first-order chi connectivity index (χ1) is 19.4. The third-order valence-corrected chi connectivity index (χ3v) is 8.75. The second-order valence-electron chi connectivity index (χ2n) is 9.49. The highest BCUT2D eigenvalue weighted by Crippen LogP contribution is 2.32. The van der Waals surface area contributed by atoms with Gasteiger partial charge in [0.15, 0.2) is 11.5 Å². The lowest BCUT2D eigenvalue weighted by Gasteiger charge is -2.32. The van der Waals surface area contributed by atoms with E-state index in [2.05, 4.69) is 21.2 Å². The van der Waals surface area contributed by atoms with Gasteiger partial charge in [-0.15, -0.1) is 0 Å². The van der Waals surface area contributed by atoms with E-state index in [9.17, 15) is 18.0 Å². The number of ether oxygens (including phenoxy) is 2. The summed E-state index contributed by atoms with van der Waals surface area (Å²) < 4.78 is 40.5. The van der Waals surface area contributed by atoms with Gasteiger partial charge in [0.1, 0.15) is 12.6 Å². The number of methoxy groups -OCH3 is 2. The fourth-order valence-electron chi connectivity index (χ4n) is 4.01. The second-order valence-corrected chi connectivity index (χ2v) is 12.7. The topological polar surface area (TPSA) is 105 Å². The van der Waals surface area contributed by atoms with Gasteiger partial charge in [0.2, 0.25) is 11.8 Å². The monoisotopic (exact) mass is 665 g/mol. The van der Waals surface area contributed by atoms with Crippen molar-refractivity contribution in [3.63, 3.8) is 0 Å². The molecule has 0 radical (unpaired) electrons. The van der Waals surface area contributed by atoms with Crippen LogP contribution in [0, 0.1) is 0 Å². The van der Waals surface area contributed by atoms with Crippen molar-refractivity contribution in [3.8, 4) is 11.5 Å². The van der Waals surface area contributed by atoms with Gasteiger partial charge in [0.05, 0.1) is 24.8 Å². The summed E-state index contributed by atoms with van der Waals surface area (Å²) >= 11 is 9.48. The Bertz CT molecular complexity index is 1470. The Kier molecular flexibility index (Phi) is 11.1. The first-order valence-corrected chi connectivity index (χ1v) is 15.3. The van der Waals surface area contributed by atoms with Crippen molar-refractivity contribution < 1.29 is 27.5 Å². The maximum Gasteiger partial charge on any atom is 0.264 e. The van der Waals surface area contributed by atoms with E-state index in [4.69, 9.17) is 21.1 Å². The minimum atomic E-state index is -4.30. The third-order valence-electron chi connectivity index (χ3n) is 6.20. The van der Waals surface area contributed by atoms with Crippen LogP contribution in [0.5, 0.6) is 11.5 Å². The van der Waals surface area contributed by atoms with Gasteiger partial charge < -0.3 is 19.7 Å². The number of rotatable bonds is 12. The molecule has 12 heteroatoms. The largest absolute Gasteiger partial charge is 0.493 e. The summed E-state index contributed by atoms with van der Waals surface area (Å²) in [5, 5.41) is 3.23. The van der Waals surface area contributed by atoms with Crippen LogP contribution in [-0.4, -0.2) is 58.0 Å². The predicted molar refractivity (Wildman–Crippen MR) is 163 cm³/mol. The Hall–Kier alpha value is -3.28. The number of halogens is 2. The summed E-state index contributed by atoms with van der Waals surface area (Å²) in [6, 6.07) is 16.6. The van der Waals surface area contributed by atoms with Crippen LogP contribution in [0.1, 0.15) is 26.3 Å². The molecule has 9 nitrogen and oxygen atoms in total. The number of anilines is 1. The number of amides is 2. The zero-order valence-corrected chi connectivity index (χ0v) is 26.6. The van der Waals surface area contributed by atoms with Crippen LogP contribution in [0.15, 0.2) is 76.1 Å². The lowest BCUT2D eigenvalue weighted by molar-refractivity contribution is -0.139. The summed E-state index contributed by atoms with van der Waals surface area (Å²) in [6.07, 6.45) is 0. The molecule has 3 rings (SSSR count). The van der Waals surface area contributed by atoms with Gasteiger partial charge in [-0.05, 0) is 74.9 Å². The van der Waals surface area contributed by atoms with Gasteiger partial charge in [-0.3, -0.25) is 13.9 Å². The van der Waals surface area contributed by atoms with E-state index in [-0.39, 0.29) is 34.8 Å². The maximum atomic E-state index is 14.0. The van der Waals surface area contributed by atoms with E-state index in [1.807, 2.05) is 38.1 Å². The summed E-state index contributed by atoms with van der Waals surface area (Å²) in [5.74, 6) is -0.359. The first kappa shape index (κ1) is 32.2. The average Bonchev–Trinajstić information content (AvgIpc) is 2.94. The predicted octanol–water partition coefficient (Wildman–Crippen LogP) is 5.26. The van der Waals surface area contributed by atoms with E-state index < -0.39 is 28.5 Å². The molecule has 2 amide bonds. The molecule has 0 aliphatic heterocycles. The number of nitrogens with zero attached hydrogens (tertiary/aromatic N) is 2. The molecule has 3 aromatic rings. The highest BCUT2D eigenvalue weighted by molar-refractivity contribution is 9.10. The lowest BCUT2D eigenvalue weighted by atomic mass is 10.1. The SMILES string of the molecule is COc1ccc(S(=O)(=O)N(CC(=O)N(Cc2ccc(Br)cc2)[C@@H](C)C(=O)NC(C)C)c2ccc(Cl)cc2)cc1OC. The van der Waals surface area contributed by atoms with Crippen LogP contribution in [-0.2, 0) is 26.2 Å². The minimum absolute atomic E-state index is 0.0870. The first-order valence-electron chi connectivity index (χ1n) is 12.7.